The van der Waals surface area contributed by atoms with Crippen molar-refractivity contribution in [1.82, 2.24) is 4.90 Å². The molecule has 2 atom stereocenters. The van der Waals surface area contributed by atoms with Crippen molar-refractivity contribution in [2.45, 2.75) is 38.6 Å². The zero-order valence-corrected chi connectivity index (χ0v) is 11.6. The quantitative estimate of drug-likeness (QED) is 0.813. The zero-order chi connectivity index (χ0) is 13.1. The highest BCUT2D eigenvalue weighted by Gasteiger charge is 2.25. The van der Waals surface area contributed by atoms with Crippen LogP contribution in [0.3, 0.4) is 0 Å². The lowest BCUT2D eigenvalue weighted by Crippen LogP contribution is -2.37. The van der Waals surface area contributed by atoms with E-state index in [0.717, 1.165) is 12.8 Å². The van der Waals surface area contributed by atoms with E-state index in [-0.39, 0.29) is 6.04 Å². The van der Waals surface area contributed by atoms with Gasteiger partial charge in [0.2, 0.25) is 0 Å². The lowest BCUT2D eigenvalue weighted by molar-refractivity contribution is -0.121. The molecule has 0 aliphatic heterocycles. The van der Waals surface area contributed by atoms with Gasteiger partial charge in [0.15, 0.2) is 0 Å². The number of hydrogen-bond acceptors (Lipinski definition) is 2. The second-order valence-electron chi connectivity index (χ2n) is 5.70. The number of hydrogen-bond donors (Lipinski definition) is 0. The van der Waals surface area contributed by atoms with E-state index < -0.39 is 0 Å². The largest absolute Gasteiger partial charge is 0.300 e. The molecule has 0 bridgehead atoms. The van der Waals surface area contributed by atoms with E-state index in [4.69, 9.17) is 0 Å². The summed E-state index contributed by atoms with van der Waals surface area (Å²) in [6, 6.07) is 8.80. The first-order valence-electron chi connectivity index (χ1n) is 6.81. The number of nitrogens with zero attached hydrogens (tertiary/aromatic N) is 1. The van der Waals surface area contributed by atoms with Crippen molar-refractivity contribution >= 4 is 5.78 Å². The molecule has 18 heavy (non-hydrogen) atoms. The average Bonchev–Trinajstić information content (AvgIpc) is 2.35. The van der Waals surface area contributed by atoms with Crippen LogP contribution in [0.25, 0.3) is 0 Å². The summed E-state index contributed by atoms with van der Waals surface area (Å²) in [5.41, 5.74) is 2.98. The summed E-state index contributed by atoms with van der Waals surface area (Å²) < 4.78 is 0. The summed E-state index contributed by atoms with van der Waals surface area (Å²) in [5.74, 6) is 0.940. The van der Waals surface area contributed by atoms with Crippen molar-refractivity contribution in [3.8, 4) is 0 Å². The first-order chi connectivity index (χ1) is 8.58. The molecule has 0 saturated carbocycles. The molecule has 0 spiro atoms. The molecule has 2 heteroatoms. The first-order valence-corrected chi connectivity index (χ1v) is 6.81. The van der Waals surface area contributed by atoms with Crippen LogP contribution >= 0.6 is 0 Å². The van der Waals surface area contributed by atoms with Crippen LogP contribution in [0.5, 0.6) is 0 Å². The third kappa shape index (κ3) is 2.99. The molecule has 1 aliphatic carbocycles. The summed E-state index contributed by atoms with van der Waals surface area (Å²) in [5, 5.41) is 0. The summed E-state index contributed by atoms with van der Waals surface area (Å²) in [6.07, 6.45) is 4.51. The number of ketones is 1. The van der Waals surface area contributed by atoms with Gasteiger partial charge in [-0.05, 0) is 63.7 Å². The summed E-state index contributed by atoms with van der Waals surface area (Å²) in [7, 11) is 4.01. The molecule has 0 heterocycles. The van der Waals surface area contributed by atoms with E-state index in [0.29, 0.717) is 11.7 Å². The van der Waals surface area contributed by atoms with Crippen LogP contribution in [0.4, 0.5) is 0 Å². The summed E-state index contributed by atoms with van der Waals surface area (Å²) >= 11 is 0. The van der Waals surface area contributed by atoms with Gasteiger partial charge in [-0.25, -0.2) is 0 Å². The summed E-state index contributed by atoms with van der Waals surface area (Å²) in [6.45, 7) is 1.71. The highest BCUT2D eigenvalue weighted by molar-refractivity contribution is 5.81. The minimum absolute atomic E-state index is 0.0836. The van der Waals surface area contributed by atoms with E-state index in [1.54, 1.807) is 6.92 Å². The van der Waals surface area contributed by atoms with Crippen LogP contribution in [0.2, 0.25) is 0 Å². The molecule has 0 aromatic heterocycles. The normalized spacial score (nSPS) is 20.6. The number of rotatable bonds is 4. The molecule has 0 fully saturated rings. The fourth-order valence-electron chi connectivity index (χ4n) is 3.03. The fourth-order valence-corrected chi connectivity index (χ4v) is 3.03. The maximum absolute atomic E-state index is 11.7. The second-order valence-corrected chi connectivity index (χ2v) is 5.70. The molecular formula is C16H23NO. The van der Waals surface area contributed by atoms with Gasteiger partial charge in [0.25, 0.3) is 0 Å². The topological polar surface area (TPSA) is 20.3 Å². The Hall–Kier alpha value is -1.15. The van der Waals surface area contributed by atoms with E-state index in [2.05, 4.69) is 29.2 Å². The van der Waals surface area contributed by atoms with Gasteiger partial charge in [-0.15, -0.1) is 0 Å². The Morgan fingerprint density at radius 1 is 1.33 bits per heavy atom. The number of likely N-dealkylation sites (N-methyl/N-ethyl adjacent to an activating group) is 1. The van der Waals surface area contributed by atoms with Gasteiger partial charge in [-0.2, -0.15) is 0 Å². The Labute approximate surface area is 110 Å². The van der Waals surface area contributed by atoms with E-state index in [1.807, 2.05) is 14.1 Å². The van der Waals surface area contributed by atoms with Crippen LogP contribution in [-0.4, -0.2) is 30.8 Å². The molecule has 0 N–H and O–H groups in total. The van der Waals surface area contributed by atoms with Gasteiger partial charge in [-0.3, -0.25) is 9.69 Å². The van der Waals surface area contributed by atoms with Crippen molar-refractivity contribution < 1.29 is 4.79 Å². The Kier molecular flexibility index (Phi) is 4.18. The number of Topliss-reactive ketones (excluding diaryl/α,β-unsaturated/α-hetero) is 1. The highest BCUT2D eigenvalue weighted by atomic mass is 16.1. The van der Waals surface area contributed by atoms with Crippen LogP contribution in [0.15, 0.2) is 24.3 Å². The standard InChI is InChI=1S/C16H23NO/c1-12(18)16(17(2)3)11-13-8-9-14-6-4-5-7-15(14)10-13/h4-7,13,16H,8-11H2,1-3H3. The van der Waals surface area contributed by atoms with E-state index in [1.165, 1.54) is 24.0 Å². The zero-order valence-electron chi connectivity index (χ0n) is 11.6. The third-order valence-electron chi connectivity index (χ3n) is 4.10. The molecule has 2 unspecified atom stereocenters. The molecule has 0 saturated heterocycles. The van der Waals surface area contributed by atoms with Gasteiger partial charge >= 0.3 is 0 Å². The van der Waals surface area contributed by atoms with Crippen molar-refractivity contribution in [3.05, 3.63) is 35.4 Å². The minimum atomic E-state index is 0.0836. The van der Waals surface area contributed by atoms with E-state index in [9.17, 15) is 4.79 Å². The Balaban J connectivity index is 2.03. The minimum Gasteiger partial charge on any atom is -0.300 e. The maximum atomic E-state index is 11.7. The molecule has 1 aliphatic rings. The second kappa shape index (κ2) is 5.66. The Morgan fingerprint density at radius 2 is 2.00 bits per heavy atom. The summed E-state index contributed by atoms with van der Waals surface area (Å²) in [4.78, 5) is 13.7. The maximum Gasteiger partial charge on any atom is 0.146 e. The van der Waals surface area contributed by atoms with Gasteiger partial charge in [0.1, 0.15) is 5.78 Å². The molecule has 98 valence electrons. The molecule has 2 nitrogen and oxygen atoms in total. The molecule has 1 aromatic rings. The monoisotopic (exact) mass is 245 g/mol. The molecule has 2 rings (SSSR count). The average molecular weight is 245 g/mol. The highest BCUT2D eigenvalue weighted by Crippen LogP contribution is 2.29. The van der Waals surface area contributed by atoms with Crippen LogP contribution in [0.1, 0.15) is 30.9 Å². The predicted octanol–water partition coefficient (Wildman–Crippen LogP) is 2.70. The van der Waals surface area contributed by atoms with Crippen molar-refractivity contribution in [3.63, 3.8) is 0 Å². The molecule has 1 aromatic carbocycles. The molecular weight excluding hydrogens is 222 g/mol. The predicted molar refractivity (Wildman–Crippen MR) is 74.7 cm³/mol. The fraction of sp³-hybridized carbons (Fsp3) is 0.562. The van der Waals surface area contributed by atoms with Crippen LogP contribution < -0.4 is 0 Å². The molecule has 0 radical (unpaired) electrons. The van der Waals surface area contributed by atoms with E-state index >= 15 is 0 Å². The van der Waals surface area contributed by atoms with Crippen molar-refractivity contribution in [1.29, 1.82) is 0 Å². The number of carbonyl (C=O) groups excluding carboxylic acids is 1. The van der Waals surface area contributed by atoms with Gasteiger partial charge in [0, 0.05) is 0 Å². The Bertz CT molecular complexity index is 425. The van der Waals surface area contributed by atoms with Crippen LogP contribution in [0, 0.1) is 5.92 Å². The van der Waals surface area contributed by atoms with Gasteiger partial charge < -0.3 is 0 Å². The number of carbonyl (C=O) groups is 1. The molecule has 0 amide bonds. The Morgan fingerprint density at radius 3 is 2.61 bits per heavy atom. The van der Waals surface area contributed by atoms with Gasteiger partial charge in [-0.1, -0.05) is 24.3 Å². The number of benzene rings is 1. The smallest absolute Gasteiger partial charge is 0.146 e. The van der Waals surface area contributed by atoms with Crippen LogP contribution in [-0.2, 0) is 17.6 Å². The third-order valence-corrected chi connectivity index (χ3v) is 4.10. The van der Waals surface area contributed by atoms with Gasteiger partial charge in [0.05, 0.1) is 6.04 Å². The number of fused-ring (bicyclic) bond motifs is 1. The SMILES string of the molecule is CC(=O)C(CC1CCc2ccccc2C1)N(C)C. The van der Waals surface area contributed by atoms with Crippen molar-refractivity contribution in [2.24, 2.45) is 5.92 Å². The lowest BCUT2D eigenvalue weighted by atomic mass is 9.80. The lowest BCUT2D eigenvalue weighted by Gasteiger charge is -2.30. The first kappa shape index (κ1) is 13.3. The van der Waals surface area contributed by atoms with Crippen molar-refractivity contribution in [2.75, 3.05) is 14.1 Å². The number of aryl methyl sites for hydroxylation is 1.